The lowest BCUT2D eigenvalue weighted by atomic mass is 9.96. The molecule has 0 bridgehead atoms. The lowest BCUT2D eigenvalue weighted by Gasteiger charge is -2.21. The number of hydrogen-bond acceptors (Lipinski definition) is 2. The third-order valence-electron chi connectivity index (χ3n) is 3.71. The number of hydrogen-bond donors (Lipinski definition) is 1. The van der Waals surface area contributed by atoms with E-state index in [0.717, 1.165) is 12.0 Å². The molecule has 2 rings (SSSR count). The largest absolute Gasteiger partial charge is 0.492 e. The molecule has 3 nitrogen and oxygen atoms in total. The number of ether oxygens (including phenoxy) is 1. The van der Waals surface area contributed by atoms with Crippen LogP contribution in [0.1, 0.15) is 49.2 Å². The highest BCUT2D eigenvalue weighted by Gasteiger charge is 2.18. The molecule has 0 aliphatic heterocycles. The molecule has 0 unspecified atom stereocenters. The minimum Gasteiger partial charge on any atom is -0.492 e. The van der Waals surface area contributed by atoms with Crippen LogP contribution in [0.5, 0.6) is 5.75 Å². The fraction of sp³-hybridized carbons (Fsp3) is 0.350. The van der Waals surface area contributed by atoms with Gasteiger partial charge in [-0.3, -0.25) is 4.79 Å². The molecule has 1 N–H and O–H groups in total. The minimum atomic E-state index is -0.130. The third kappa shape index (κ3) is 5.00. The molecule has 0 saturated heterocycles. The predicted molar refractivity (Wildman–Crippen MR) is 98.7 cm³/mol. The van der Waals surface area contributed by atoms with Crippen molar-refractivity contribution in [2.45, 2.75) is 33.2 Å². The molecule has 1 amide bonds. The first-order valence-electron chi connectivity index (χ1n) is 8.29. The number of nitrogens with one attached hydrogen (secondary N) is 1. The van der Waals surface area contributed by atoms with E-state index in [9.17, 15) is 4.79 Å². The maximum Gasteiger partial charge on any atom is 0.251 e. The molecule has 4 heteroatoms. The van der Waals surface area contributed by atoms with Crippen LogP contribution in [0, 0.1) is 5.92 Å². The summed E-state index contributed by atoms with van der Waals surface area (Å²) in [6.07, 6.45) is 0.876. The van der Waals surface area contributed by atoms with Crippen LogP contribution in [0.4, 0.5) is 0 Å². The smallest absolute Gasteiger partial charge is 0.251 e. The summed E-state index contributed by atoms with van der Waals surface area (Å²) in [7, 11) is 0. The Kier molecular flexibility index (Phi) is 6.68. The SMILES string of the molecule is CCOc1ccc(C(=O)N[C@@H](CC(C)C)c2ccccc2)cc1Cl. The molecule has 0 spiro atoms. The van der Waals surface area contributed by atoms with Crippen LogP contribution in [0.15, 0.2) is 48.5 Å². The fourth-order valence-corrected chi connectivity index (χ4v) is 2.83. The van der Waals surface area contributed by atoms with Crippen molar-refractivity contribution in [1.82, 2.24) is 5.32 Å². The fourth-order valence-electron chi connectivity index (χ4n) is 2.59. The quantitative estimate of drug-likeness (QED) is 0.743. The van der Waals surface area contributed by atoms with Crippen LogP contribution < -0.4 is 10.1 Å². The van der Waals surface area contributed by atoms with E-state index < -0.39 is 0 Å². The first kappa shape index (κ1) is 18.3. The summed E-state index contributed by atoms with van der Waals surface area (Å²) < 4.78 is 5.41. The molecule has 24 heavy (non-hydrogen) atoms. The van der Waals surface area contributed by atoms with Crippen LogP contribution in [0.25, 0.3) is 0 Å². The van der Waals surface area contributed by atoms with Gasteiger partial charge >= 0.3 is 0 Å². The van der Waals surface area contributed by atoms with Gasteiger partial charge in [0.25, 0.3) is 5.91 Å². The molecular weight excluding hydrogens is 322 g/mol. The Hall–Kier alpha value is -2.00. The number of carbonyl (C=O) groups excluding carboxylic acids is 1. The molecule has 0 fully saturated rings. The topological polar surface area (TPSA) is 38.3 Å². The van der Waals surface area contributed by atoms with Gasteiger partial charge in [-0.05, 0) is 43.0 Å². The predicted octanol–water partition coefficient (Wildman–Crippen LogP) is 5.26. The molecule has 2 aromatic rings. The lowest BCUT2D eigenvalue weighted by molar-refractivity contribution is 0.0932. The van der Waals surface area contributed by atoms with Crippen molar-refractivity contribution >= 4 is 17.5 Å². The van der Waals surface area contributed by atoms with E-state index in [-0.39, 0.29) is 11.9 Å². The second-order valence-corrected chi connectivity index (χ2v) is 6.55. The van der Waals surface area contributed by atoms with E-state index in [2.05, 4.69) is 19.2 Å². The molecule has 0 aromatic heterocycles. The van der Waals surface area contributed by atoms with Gasteiger partial charge in [0.05, 0.1) is 17.7 Å². The molecule has 0 saturated carbocycles. The van der Waals surface area contributed by atoms with Gasteiger partial charge < -0.3 is 10.1 Å². The van der Waals surface area contributed by atoms with E-state index in [0.29, 0.717) is 28.9 Å². The summed E-state index contributed by atoms with van der Waals surface area (Å²) >= 11 is 6.19. The summed E-state index contributed by atoms with van der Waals surface area (Å²) in [4.78, 5) is 12.6. The Morgan fingerprint density at radius 1 is 1.17 bits per heavy atom. The first-order chi connectivity index (χ1) is 11.5. The Balaban J connectivity index is 2.17. The lowest BCUT2D eigenvalue weighted by Crippen LogP contribution is -2.29. The Bertz CT molecular complexity index is 671. The molecule has 1 atom stereocenters. The van der Waals surface area contributed by atoms with Crippen LogP contribution in [0.3, 0.4) is 0 Å². The standard InChI is InChI=1S/C20H24ClNO2/c1-4-24-19-11-10-16(13-17(19)21)20(23)22-18(12-14(2)3)15-8-6-5-7-9-15/h5-11,13-14,18H,4,12H2,1-3H3,(H,22,23)/t18-/m0/s1. The second-order valence-electron chi connectivity index (χ2n) is 6.14. The van der Waals surface area contributed by atoms with E-state index in [4.69, 9.17) is 16.3 Å². The highest BCUT2D eigenvalue weighted by Crippen LogP contribution is 2.26. The van der Waals surface area contributed by atoms with E-state index in [1.54, 1.807) is 18.2 Å². The maximum absolute atomic E-state index is 12.6. The van der Waals surface area contributed by atoms with Crippen molar-refractivity contribution in [3.63, 3.8) is 0 Å². The van der Waals surface area contributed by atoms with Crippen LogP contribution in [-0.4, -0.2) is 12.5 Å². The number of halogens is 1. The van der Waals surface area contributed by atoms with Gasteiger partial charge in [0.1, 0.15) is 5.75 Å². The Morgan fingerprint density at radius 3 is 2.46 bits per heavy atom. The zero-order valence-corrected chi connectivity index (χ0v) is 15.1. The number of carbonyl (C=O) groups is 1. The molecule has 0 heterocycles. The molecule has 0 aliphatic carbocycles. The van der Waals surface area contributed by atoms with Crippen molar-refractivity contribution in [1.29, 1.82) is 0 Å². The van der Waals surface area contributed by atoms with Crippen LogP contribution in [-0.2, 0) is 0 Å². The van der Waals surface area contributed by atoms with Crippen molar-refractivity contribution < 1.29 is 9.53 Å². The van der Waals surface area contributed by atoms with Crippen molar-refractivity contribution in [2.24, 2.45) is 5.92 Å². The van der Waals surface area contributed by atoms with Crippen molar-refractivity contribution in [3.8, 4) is 5.75 Å². The van der Waals surface area contributed by atoms with E-state index >= 15 is 0 Å². The van der Waals surface area contributed by atoms with E-state index in [1.165, 1.54) is 0 Å². The van der Waals surface area contributed by atoms with Crippen molar-refractivity contribution in [3.05, 3.63) is 64.7 Å². The van der Waals surface area contributed by atoms with Crippen molar-refractivity contribution in [2.75, 3.05) is 6.61 Å². The van der Waals surface area contributed by atoms with Gasteiger partial charge in [0, 0.05) is 5.56 Å². The van der Waals surface area contributed by atoms with E-state index in [1.807, 2.05) is 37.3 Å². The highest BCUT2D eigenvalue weighted by molar-refractivity contribution is 6.32. The average Bonchev–Trinajstić information content (AvgIpc) is 2.56. The molecule has 2 aromatic carbocycles. The third-order valence-corrected chi connectivity index (χ3v) is 4.00. The molecular formula is C20H24ClNO2. The Labute approximate surface area is 149 Å². The maximum atomic E-state index is 12.6. The zero-order valence-electron chi connectivity index (χ0n) is 14.4. The number of amides is 1. The normalized spacial score (nSPS) is 12.0. The summed E-state index contributed by atoms with van der Waals surface area (Å²) in [6.45, 7) is 6.73. The van der Waals surface area contributed by atoms with Gasteiger partial charge in [-0.25, -0.2) is 0 Å². The summed E-state index contributed by atoms with van der Waals surface area (Å²) in [5.74, 6) is 0.936. The second kappa shape index (κ2) is 8.74. The van der Waals surface area contributed by atoms with Gasteiger partial charge in [-0.1, -0.05) is 55.8 Å². The molecule has 0 aliphatic rings. The number of benzene rings is 2. The van der Waals surface area contributed by atoms with Crippen LogP contribution in [0.2, 0.25) is 5.02 Å². The average molecular weight is 346 g/mol. The zero-order chi connectivity index (χ0) is 17.5. The Morgan fingerprint density at radius 2 is 1.88 bits per heavy atom. The summed E-state index contributed by atoms with van der Waals surface area (Å²) in [5.41, 5.74) is 1.64. The van der Waals surface area contributed by atoms with Gasteiger partial charge in [-0.15, -0.1) is 0 Å². The summed E-state index contributed by atoms with van der Waals surface area (Å²) in [5, 5.41) is 3.57. The monoisotopic (exact) mass is 345 g/mol. The number of rotatable bonds is 7. The minimum absolute atomic E-state index is 0.0240. The van der Waals surface area contributed by atoms with Crippen LogP contribution >= 0.6 is 11.6 Å². The first-order valence-corrected chi connectivity index (χ1v) is 8.67. The summed E-state index contributed by atoms with van der Waals surface area (Å²) in [6, 6.07) is 15.1. The molecule has 0 radical (unpaired) electrons. The van der Waals surface area contributed by atoms with Gasteiger partial charge in [-0.2, -0.15) is 0 Å². The molecule has 128 valence electrons. The van der Waals surface area contributed by atoms with Gasteiger partial charge in [0.2, 0.25) is 0 Å². The van der Waals surface area contributed by atoms with Gasteiger partial charge in [0.15, 0.2) is 0 Å². The highest BCUT2D eigenvalue weighted by atomic mass is 35.5.